The van der Waals surface area contributed by atoms with Crippen LogP contribution in [0.3, 0.4) is 0 Å². The zero-order valence-electron chi connectivity index (χ0n) is 12.6. The second-order valence-electron chi connectivity index (χ2n) is 5.83. The van der Waals surface area contributed by atoms with E-state index in [4.69, 9.17) is 0 Å². The highest BCUT2D eigenvalue weighted by Gasteiger charge is 2.25. The van der Waals surface area contributed by atoms with Crippen molar-refractivity contribution in [1.29, 1.82) is 0 Å². The average molecular weight is 281 g/mol. The van der Waals surface area contributed by atoms with E-state index in [1.807, 2.05) is 18.5 Å². The molecule has 0 amide bonds. The lowest BCUT2D eigenvalue weighted by Crippen LogP contribution is -2.51. The molecule has 3 rings (SSSR count). The fourth-order valence-corrected chi connectivity index (χ4v) is 2.96. The zero-order chi connectivity index (χ0) is 14.5. The number of rotatable bonds is 4. The van der Waals surface area contributed by atoms with Gasteiger partial charge in [-0.1, -0.05) is 36.4 Å². The Kier molecular flexibility index (Phi) is 4.63. The standard InChI is InChI=1S/C18H23N3/c1-15-12-20-18(17-7-3-2-4-8-17)14-21(15)11-9-16-6-5-10-19-13-16/h2-8,10,13,15,18,20H,9,11-12,14H2,1H3. The first kappa shape index (κ1) is 14.2. The fourth-order valence-electron chi connectivity index (χ4n) is 2.96. The maximum Gasteiger partial charge on any atom is 0.0449 e. The predicted molar refractivity (Wildman–Crippen MR) is 86.2 cm³/mol. The van der Waals surface area contributed by atoms with E-state index in [9.17, 15) is 0 Å². The molecule has 1 aromatic carbocycles. The van der Waals surface area contributed by atoms with Gasteiger partial charge >= 0.3 is 0 Å². The van der Waals surface area contributed by atoms with Crippen LogP contribution in [0.2, 0.25) is 0 Å². The van der Waals surface area contributed by atoms with E-state index in [1.165, 1.54) is 11.1 Å². The summed E-state index contributed by atoms with van der Waals surface area (Å²) in [6.07, 6.45) is 4.88. The normalized spacial score (nSPS) is 23.1. The van der Waals surface area contributed by atoms with Crippen molar-refractivity contribution in [3.63, 3.8) is 0 Å². The van der Waals surface area contributed by atoms with Gasteiger partial charge in [0.15, 0.2) is 0 Å². The van der Waals surface area contributed by atoms with E-state index >= 15 is 0 Å². The van der Waals surface area contributed by atoms with Gasteiger partial charge in [-0.3, -0.25) is 9.88 Å². The molecule has 1 aliphatic rings. The smallest absolute Gasteiger partial charge is 0.0449 e. The summed E-state index contributed by atoms with van der Waals surface area (Å²) in [5.41, 5.74) is 2.70. The summed E-state index contributed by atoms with van der Waals surface area (Å²) in [4.78, 5) is 6.78. The van der Waals surface area contributed by atoms with Crippen molar-refractivity contribution in [1.82, 2.24) is 15.2 Å². The van der Waals surface area contributed by atoms with Gasteiger partial charge in [0, 0.05) is 44.1 Å². The summed E-state index contributed by atoms with van der Waals surface area (Å²) in [6, 6.07) is 16.0. The third kappa shape index (κ3) is 3.69. The minimum Gasteiger partial charge on any atom is -0.307 e. The van der Waals surface area contributed by atoms with Gasteiger partial charge in [-0.15, -0.1) is 0 Å². The van der Waals surface area contributed by atoms with E-state index in [0.29, 0.717) is 12.1 Å². The van der Waals surface area contributed by atoms with E-state index in [2.05, 4.69) is 58.5 Å². The lowest BCUT2D eigenvalue weighted by atomic mass is 10.0. The SMILES string of the molecule is CC1CNC(c2ccccc2)CN1CCc1cccnc1. The Hall–Kier alpha value is -1.71. The predicted octanol–water partition coefficient (Wildman–Crippen LogP) is 2.66. The number of hydrogen-bond donors (Lipinski definition) is 1. The first-order valence-electron chi connectivity index (χ1n) is 7.74. The summed E-state index contributed by atoms with van der Waals surface area (Å²) in [7, 11) is 0. The molecule has 0 spiro atoms. The highest BCUT2D eigenvalue weighted by atomic mass is 15.2. The molecule has 0 saturated carbocycles. The Morgan fingerprint density at radius 2 is 2.05 bits per heavy atom. The van der Waals surface area contributed by atoms with Gasteiger partial charge in [-0.25, -0.2) is 0 Å². The third-order valence-corrected chi connectivity index (χ3v) is 4.31. The second kappa shape index (κ2) is 6.83. The van der Waals surface area contributed by atoms with Gasteiger partial charge in [0.25, 0.3) is 0 Å². The number of benzene rings is 1. The molecule has 2 aromatic rings. The van der Waals surface area contributed by atoms with Crippen molar-refractivity contribution < 1.29 is 0 Å². The maximum atomic E-state index is 4.20. The molecule has 2 unspecified atom stereocenters. The molecule has 1 fully saturated rings. The molecule has 3 nitrogen and oxygen atoms in total. The summed E-state index contributed by atoms with van der Waals surface area (Å²) >= 11 is 0. The van der Waals surface area contributed by atoms with Crippen molar-refractivity contribution in [2.45, 2.75) is 25.4 Å². The Balaban J connectivity index is 1.61. The van der Waals surface area contributed by atoms with Crippen LogP contribution in [-0.2, 0) is 6.42 Å². The largest absolute Gasteiger partial charge is 0.307 e. The molecule has 110 valence electrons. The van der Waals surface area contributed by atoms with E-state index in [1.54, 1.807) is 0 Å². The van der Waals surface area contributed by atoms with Crippen LogP contribution in [0.25, 0.3) is 0 Å². The molecule has 1 N–H and O–H groups in total. The van der Waals surface area contributed by atoms with Crippen LogP contribution in [0.5, 0.6) is 0 Å². The minimum absolute atomic E-state index is 0.441. The molecular formula is C18H23N3. The van der Waals surface area contributed by atoms with Gasteiger partial charge in [-0.05, 0) is 30.5 Å². The Morgan fingerprint density at radius 1 is 1.19 bits per heavy atom. The number of hydrogen-bond acceptors (Lipinski definition) is 3. The number of nitrogens with one attached hydrogen (secondary N) is 1. The molecule has 1 aromatic heterocycles. The van der Waals surface area contributed by atoms with Crippen molar-refractivity contribution in [2.75, 3.05) is 19.6 Å². The summed E-state index contributed by atoms with van der Waals surface area (Å²) < 4.78 is 0. The van der Waals surface area contributed by atoms with Crippen LogP contribution < -0.4 is 5.32 Å². The molecule has 2 atom stereocenters. The lowest BCUT2D eigenvalue weighted by molar-refractivity contribution is 0.143. The van der Waals surface area contributed by atoms with Gasteiger partial charge in [0.2, 0.25) is 0 Å². The van der Waals surface area contributed by atoms with Crippen LogP contribution in [0, 0.1) is 0 Å². The topological polar surface area (TPSA) is 28.2 Å². The highest BCUT2D eigenvalue weighted by Crippen LogP contribution is 2.19. The van der Waals surface area contributed by atoms with Crippen molar-refractivity contribution in [3.8, 4) is 0 Å². The first-order valence-corrected chi connectivity index (χ1v) is 7.74. The van der Waals surface area contributed by atoms with Gasteiger partial charge < -0.3 is 5.32 Å². The first-order chi connectivity index (χ1) is 10.3. The molecule has 1 aliphatic heterocycles. The van der Waals surface area contributed by atoms with Crippen molar-refractivity contribution in [3.05, 3.63) is 66.0 Å². The second-order valence-corrected chi connectivity index (χ2v) is 5.83. The van der Waals surface area contributed by atoms with Crippen LogP contribution in [0.15, 0.2) is 54.9 Å². The van der Waals surface area contributed by atoms with Gasteiger partial charge in [0.1, 0.15) is 0 Å². The van der Waals surface area contributed by atoms with Crippen LogP contribution in [0.4, 0.5) is 0 Å². The fraction of sp³-hybridized carbons (Fsp3) is 0.389. The maximum absolute atomic E-state index is 4.20. The molecule has 0 bridgehead atoms. The molecule has 2 heterocycles. The van der Waals surface area contributed by atoms with Gasteiger partial charge in [-0.2, -0.15) is 0 Å². The Bertz CT molecular complexity index is 541. The Morgan fingerprint density at radius 3 is 2.81 bits per heavy atom. The molecule has 0 aliphatic carbocycles. The van der Waals surface area contributed by atoms with Crippen molar-refractivity contribution in [2.24, 2.45) is 0 Å². The van der Waals surface area contributed by atoms with Crippen molar-refractivity contribution >= 4 is 0 Å². The highest BCUT2D eigenvalue weighted by molar-refractivity contribution is 5.20. The monoisotopic (exact) mass is 281 g/mol. The lowest BCUT2D eigenvalue weighted by Gasteiger charge is -2.39. The molecule has 3 heteroatoms. The Labute approximate surface area is 127 Å². The zero-order valence-corrected chi connectivity index (χ0v) is 12.6. The molecule has 21 heavy (non-hydrogen) atoms. The van der Waals surface area contributed by atoms with Crippen LogP contribution in [-0.4, -0.2) is 35.6 Å². The van der Waals surface area contributed by atoms with Crippen LogP contribution in [0.1, 0.15) is 24.1 Å². The average Bonchev–Trinajstić information content (AvgIpc) is 2.56. The summed E-state index contributed by atoms with van der Waals surface area (Å²) in [5, 5.41) is 3.66. The quantitative estimate of drug-likeness (QED) is 0.934. The number of aromatic nitrogens is 1. The molecule has 0 radical (unpaired) electrons. The van der Waals surface area contributed by atoms with Gasteiger partial charge in [0.05, 0.1) is 0 Å². The summed E-state index contributed by atoms with van der Waals surface area (Å²) in [6.45, 7) is 5.52. The number of pyridine rings is 1. The number of piperazine rings is 1. The summed E-state index contributed by atoms with van der Waals surface area (Å²) in [5.74, 6) is 0. The van der Waals surface area contributed by atoms with E-state index in [0.717, 1.165) is 26.1 Å². The number of nitrogens with zero attached hydrogens (tertiary/aromatic N) is 2. The van der Waals surface area contributed by atoms with E-state index < -0.39 is 0 Å². The minimum atomic E-state index is 0.441. The van der Waals surface area contributed by atoms with E-state index in [-0.39, 0.29) is 0 Å². The molecule has 1 saturated heterocycles. The molecular weight excluding hydrogens is 258 g/mol. The van der Waals surface area contributed by atoms with Crippen LogP contribution >= 0.6 is 0 Å². The third-order valence-electron chi connectivity index (χ3n) is 4.31.